The van der Waals surface area contributed by atoms with Gasteiger partial charge in [0.1, 0.15) is 0 Å². The van der Waals surface area contributed by atoms with Crippen molar-refractivity contribution in [1.29, 1.82) is 0 Å². The van der Waals surface area contributed by atoms with E-state index in [-0.39, 0.29) is 5.41 Å². The number of nitrogens with one attached hydrogen (secondary N) is 1. The van der Waals surface area contributed by atoms with Crippen LogP contribution in [-0.4, -0.2) is 13.1 Å². The molecule has 1 saturated carbocycles. The number of benzene rings is 1. The second-order valence-electron chi connectivity index (χ2n) is 8.07. The first-order valence-corrected chi connectivity index (χ1v) is 8.69. The number of likely N-dealkylation sites (N-methyl/N-ethyl adjacent to an activating group) is 1. The van der Waals surface area contributed by atoms with E-state index in [1.54, 1.807) is 5.56 Å². The van der Waals surface area contributed by atoms with Crippen molar-refractivity contribution >= 4 is 0 Å². The minimum atomic E-state index is 0.244. The largest absolute Gasteiger partial charge is 0.316 e. The van der Waals surface area contributed by atoms with Crippen molar-refractivity contribution in [2.75, 3.05) is 13.1 Å². The molecule has 0 amide bonds. The lowest BCUT2D eigenvalue weighted by Crippen LogP contribution is -2.41. The van der Waals surface area contributed by atoms with Gasteiger partial charge in [0.05, 0.1) is 0 Å². The average Bonchev–Trinajstić information content (AvgIpc) is 2.46. The van der Waals surface area contributed by atoms with E-state index in [9.17, 15) is 0 Å². The van der Waals surface area contributed by atoms with Crippen LogP contribution in [0, 0.1) is 5.92 Å². The van der Waals surface area contributed by atoms with Crippen molar-refractivity contribution < 1.29 is 0 Å². The third kappa shape index (κ3) is 3.88. The summed E-state index contributed by atoms with van der Waals surface area (Å²) in [5.41, 5.74) is 3.59. The van der Waals surface area contributed by atoms with Gasteiger partial charge in [-0.25, -0.2) is 0 Å². The number of hydrogen-bond acceptors (Lipinski definition) is 1. The van der Waals surface area contributed by atoms with E-state index in [1.807, 2.05) is 0 Å². The van der Waals surface area contributed by atoms with Crippen molar-refractivity contribution in [1.82, 2.24) is 5.32 Å². The molecule has 0 bridgehead atoms. The summed E-state index contributed by atoms with van der Waals surface area (Å²) >= 11 is 0. The third-order valence-corrected chi connectivity index (χ3v) is 5.31. The molecule has 2 rings (SSSR count). The Morgan fingerprint density at radius 3 is 2.14 bits per heavy atom. The van der Waals surface area contributed by atoms with Crippen LogP contribution in [0.2, 0.25) is 0 Å². The fraction of sp³-hybridized carbons (Fsp3) is 0.700. The van der Waals surface area contributed by atoms with Crippen molar-refractivity contribution in [2.45, 2.75) is 71.1 Å². The molecule has 1 aliphatic carbocycles. The maximum Gasteiger partial charge on any atom is 0.00779 e. The zero-order chi connectivity index (χ0) is 15.5. The minimum absolute atomic E-state index is 0.244. The van der Waals surface area contributed by atoms with Gasteiger partial charge in [-0.15, -0.1) is 0 Å². The quantitative estimate of drug-likeness (QED) is 0.818. The van der Waals surface area contributed by atoms with Crippen molar-refractivity contribution in [3.63, 3.8) is 0 Å². The fourth-order valence-corrected chi connectivity index (χ4v) is 3.57. The molecule has 1 heteroatoms. The molecule has 1 aromatic rings. The Hall–Kier alpha value is -0.820. The summed E-state index contributed by atoms with van der Waals surface area (Å²) in [7, 11) is 0. The van der Waals surface area contributed by atoms with Crippen LogP contribution in [0.25, 0.3) is 0 Å². The van der Waals surface area contributed by atoms with Crippen LogP contribution in [0.4, 0.5) is 0 Å². The molecule has 1 aromatic carbocycles. The molecule has 0 spiro atoms. The first-order valence-electron chi connectivity index (χ1n) is 8.69. The van der Waals surface area contributed by atoms with Crippen LogP contribution in [-0.2, 0) is 10.8 Å². The average molecular weight is 287 g/mol. The zero-order valence-electron chi connectivity index (χ0n) is 14.6. The maximum atomic E-state index is 3.62. The third-order valence-electron chi connectivity index (χ3n) is 5.31. The Labute approximate surface area is 131 Å². The van der Waals surface area contributed by atoms with Crippen molar-refractivity contribution in [3.8, 4) is 0 Å². The van der Waals surface area contributed by atoms with Gasteiger partial charge >= 0.3 is 0 Å². The maximum absolute atomic E-state index is 3.62. The Bertz CT molecular complexity index is 424. The summed E-state index contributed by atoms with van der Waals surface area (Å²) in [5, 5.41) is 3.62. The summed E-state index contributed by atoms with van der Waals surface area (Å²) in [4.78, 5) is 0. The summed E-state index contributed by atoms with van der Waals surface area (Å²) in [6, 6.07) is 9.49. The molecule has 0 heterocycles. The molecule has 21 heavy (non-hydrogen) atoms. The van der Waals surface area contributed by atoms with E-state index < -0.39 is 0 Å². The highest BCUT2D eigenvalue weighted by Crippen LogP contribution is 2.41. The standard InChI is InChI=1S/C20H33N/c1-6-21-15-20(13-11-16(2)12-14-20)18-9-7-17(8-10-18)19(3,4)5/h7-10,16,21H,6,11-15H2,1-5H3. The molecule has 1 fully saturated rings. The lowest BCUT2D eigenvalue weighted by atomic mass is 9.66. The highest BCUT2D eigenvalue weighted by Gasteiger charge is 2.35. The topological polar surface area (TPSA) is 12.0 Å². The molecular formula is C20H33N. The summed E-state index contributed by atoms with van der Waals surface area (Å²) in [5.74, 6) is 0.897. The molecule has 0 aromatic heterocycles. The molecular weight excluding hydrogens is 254 g/mol. The number of hydrogen-bond donors (Lipinski definition) is 1. The van der Waals surface area contributed by atoms with Gasteiger partial charge in [0.15, 0.2) is 0 Å². The number of rotatable bonds is 4. The van der Waals surface area contributed by atoms with E-state index in [4.69, 9.17) is 0 Å². The van der Waals surface area contributed by atoms with E-state index in [2.05, 4.69) is 64.2 Å². The molecule has 1 N–H and O–H groups in total. The lowest BCUT2D eigenvalue weighted by Gasteiger charge is -2.40. The van der Waals surface area contributed by atoms with E-state index in [0.29, 0.717) is 5.41 Å². The van der Waals surface area contributed by atoms with Crippen LogP contribution >= 0.6 is 0 Å². The van der Waals surface area contributed by atoms with Gasteiger partial charge in [0, 0.05) is 12.0 Å². The fourth-order valence-electron chi connectivity index (χ4n) is 3.57. The van der Waals surface area contributed by atoms with Crippen molar-refractivity contribution in [3.05, 3.63) is 35.4 Å². The van der Waals surface area contributed by atoms with Crippen LogP contribution in [0.15, 0.2) is 24.3 Å². The van der Waals surface area contributed by atoms with Gasteiger partial charge in [-0.05, 0) is 54.7 Å². The van der Waals surface area contributed by atoms with Gasteiger partial charge in [0.2, 0.25) is 0 Å². The van der Waals surface area contributed by atoms with Gasteiger partial charge in [0.25, 0.3) is 0 Å². The zero-order valence-corrected chi connectivity index (χ0v) is 14.6. The molecule has 0 atom stereocenters. The van der Waals surface area contributed by atoms with E-state index >= 15 is 0 Å². The SMILES string of the molecule is CCNCC1(c2ccc(C(C)(C)C)cc2)CCC(C)CC1. The Kier molecular flexibility index (Phi) is 5.14. The van der Waals surface area contributed by atoms with E-state index in [1.165, 1.54) is 31.2 Å². The highest BCUT2D eigenvalue weighted by atomic mass is 14.9. The van der Waals surface area contributed by atoms with Crippen LogP contribution in [0.1, 0.15) is 71.4 Å². The Balaban J connectivity index is 2.24. The highest BCUT2D eigenvalue weighted by molar-refractivity contribution is 5.33. The first-order chi connectivity index (χ1) is 9.87. The molecule has 1 nitrogen and oxygen atoms in total. The second kappa shape index (κ2) is 6.52. The molecule has 0 saturated heterocycles. The van der Waals surface area contributed by atoms with Gasteiger partial charge in [-0.2, -0.15) is 0 Å². The van der Waals surface area contributed by atoms with Crippen molar-refractivity contribution in [2.24, 2.45) is 5.92 Å². The summed E-state index contributed by atoms with van der Waals surface area (Å²) in [6.45, 7) is 13.7. The lowest BCUT2D eigenvalue weighted by molar-refractivity contribution is 0.234. The van der Waals surface area contributed by atoms with Gasteiger partial charge < -0.3 is 5.32 Å². The summed E-state index contributed by atoms with van der Waals surface area (Å²) < 4.78 is 0. The molecule has 0 aliphatic heterocycles. The minimum Gasteiger partial charge on any atom is -0.316 e. The first kappa shape index (κ1) is 16.5. The van der Waals surface area contributed by atoms with Gasteiger partial charge in [-0.3, -0.25) is 0 Å². The molecule has 118 valence electrons. The normalized spacial score (nSPS) is 26.8. The van der Waals surface area contributed by atoms with E-state index in [0.717, 1.165) is 19.0 Å². The molecule has 1 aliphatic rings. The predicted molar refractivity (Wildman–Crippen MR) is 93.0 cm³/mol. The van der Waals surface area contributed by atoms with Gasteiger partial charge in [-0.1, -0.05) is 58.9 Å². The Morgan fingerprint density at radius 1 is 1.10 bits per heavy atom. The smallest absolute Gasteiger partial charge is 0.00779 e. The molecule has 0 radical (unpaired) electrons. The van der Waals surface area contributed by atoms with Crippen LogP contribution < -0.4 is 5.32 Å². The monoisotopic (exact) mass is 287 g/mol. The summed E-state index contributed by atoms with van der Waals surface area (Å²) in [6.07, 6.45) is 5.39. The Morgan fingerprint density at radius 2 is 1.67 bits per heavy atom. The van der Waals surface area contributed by atoms with Crippen LogP contribution in [0.3, 0.4) is 0 Å². The van der Waals surface area contributed by atoms with Crippen LogP contribution in [0.5, 0.6) is 0 Å². The second-order valence-corrected chi connectivity index (χ2v) is 8.07. The predicted octanol–water partition coefficient (Wildman–Crippen LogP) is 5.04. The molecule has 0 unspecified atom stereocenters.